The van der Waals surface area contributed by atoms with Crippen molar-refractivity contribution in [2.45, 2.75) is 19.6 Å². The Hall–Kier alpha value is -1.92. The first-order valence-corrected chi connectivity index (χ1v) is 5.70. The van der Waals surface area contributed by atoms with E-state index in [0.29, 0.717) is 11.9 Å². The van der Waals surface area contributed by atoms with E-state index in [9.17, 15) is 0 Å². The van der Waals surface area contributed by atoms with E-state index in [-0.39, 0.29) is 12.6 Å². The molecule has 0 amide bonds. The molecule has 0 saturated carbocycles. The van der Waals surface area contributed by atoms with Crippen molar-refractivity contribution in [2.75, 3.05) is 12.4 Å². The van der Waals surface area contributed by atoms with Crippen LogP contribution in [0, 0.1) is 0 Å². The fourth-order valence-corrected chi connectivity index (χ4v) is 1.40. The van der Waals surface area contributed by atoms with E-state index in [4.69, 9.17) is 9.52 Å². The predicted octanol–water partition coefficient (Wildman–Crippen LogP) is 1.59. The zero-order chi connectivity index (χ0) is 13.0. The summed E-state index contributed by atoms with van der Waals surface area (Å²) in [4.78, 5) is 0. The van der Waals surface area contributed by atoms with Gasteiger partial charge in [0.1, 0.15) is 0 Å². The number of hydrogen-bond acceptors (Lipinski definition) is 6. The molecule has 96 valence electrons. The molecule has 0 aliphatic heterocycles. The van der Waals surface area contributed by atoms with E-state index >= 15 is 0 Å². The minimum Gasteiger partial charge on any atom is -0.406 e. The summed E-state index contributed by atoms with van der Waals surface area (Å²) in [6.45, 7) is 1.97. The lowest BCUT2D eigenvalue weighted by Crippen LogP contribution is -2.12. The van der Waals surface area contributed by atoms with E-state index in [1.165, 1.54) is 0 Å². The third kappa shape index (κ3) is 2.85. The van der Waals surface area contributed by atoms with Crippen LogP contribution in [0.2, 0.25) is 0 Å². The van der Waals surface area contributed by atoms with Gasteiger partial charge in [-0.3, -0.25) is 0 Å². The first-order valence-electron chi connectivity index (χ1n) is 5.70. The second-order valence-electron chi connectivity index (χ2n) is 3.94. The molecule has 6 heteroatoms. The van der Waals surface area contributed by atoms with Gasteiger partial charge < -0.3 is 20.2 Å². The molecule has 1 heterocycles. The van der Waals surface area contributed by atoms with E-state index in [2.05, 4.69) is 20.8 Å². The smallest absolute Gasteiger partial charge is 0.320 e. The van der Waals surface area contributed by atoms with Crippen molar-refractivity contribution >= 4 is 11.7 Å². The van der Waals surface area contributed by atoms with Gasteiger partial charge in [-0.15, -0.1) is 5.10 Å². The standard InChI is InChI=1S/C12H16N4O2/c1-8(13-2)11-15-16-12(18-11)14-10-5-3-9(7-17)4-6-10/h3-6,8,13,17H,7H2,1-2H3,(H,14,16). The lowest BCUT2D eigenvalue weighted by atomic mass is 10.2. The van der Waals surface area contributed by atoms with Crippen LogP contribution in [0.15, 0.2) is 28.7 Å². The zero-order valence-electron chi connectivity index (χ0n) is 10.3. The van der Waals surface area contributed by atoms with Crippen LogP contribution in [0.5, 0.6) is 0 Å². The molecule has 1 aromatic heterocycles. The molecule has 0 saturated heterocycles. The molecule has 0 fully saturated rings. The predicted molar refractivity (Wildman–Crippen MR) is 67.4 cm³/mol. The van der Waals surface area contributed by atoms with Gasteiger partial charge in [-0.05, 0) is 31.7 Å². The van der Waals surface area contributed by atoms with Crippen molar-refractivity contribution in [3.63, 3.8) is 0 Å². The quantitative estimate of drug-likeness (QED) is 0.745. The van der Waals surface area contributed by atoms with Gasteiger partial charge in [-0.25, -0.2) is 0 Å². The zero-order valence-corrected chi connectivity index (χ0v) is 10.3. The molecule has 1 atom stereocenters. The van der Waals surface area contributed by atoms with Gasteiger partial charge in [-0.1, -0.05) is 17.2 Å². The van der Waals surface area contributed by atoms with Gasteiger partial charge in [0.25, 0.3) is 0 Å². The summed E-state index contributed by atoms with van der Waals surface area (Å²) in [7, 11) is 1.83. The summed E-state index contributed by atoms with van der Waals surface area (Å²) in [5, 5.41) is 22.8. The highest BCUT2D eigenvalue weighted by atomic mass is 16.4. The fourth-order valence-electron chi connectivity index (χ4n) is 1.40. The number of rotatable bonds is 5. The Labute approximate surface area is 105 Å². The average Bonchev–Trinajstić information content (AvgIpc) is 2.87. The molecule has 1 unspecified atom stereocenters. The molecule has 0 aliphatic rings. The first-order chi connectivity index (χ1) is 8.72. The van der Waals surface area contributed by atoms with Crippen LogP contribution in [0.4, 0.5) is 11.7 Å². The first kappa shape index (κ1) is 12.5. The summed E-state index contributed by atoms with van der Waals surface area (Å²) < 4.78 is 5.45. The van der Waals surface area contributed by atoms with Crippen LogP contribution >= 0.6 is 0 Å². The van der Waals surface area contributed by atoms with Crippen LogP contribution in [0.25, 0.3) is 0 Å². The van der Waals surface area contributed by atoms with E-state index in [1.807, 2.05) is 38.2 Å². The third-order valence-corrected chi connectivity index (χ3v) is 2.63. The van der Waals surface area contributed by atoms with Crippen LogP contribution in [-0.4, -0.2) is 22.4 Å². The molecule has 3 N–H and O–H groups in total. The van der Waals surface area contributed by atoms with Crippen LogP contribution in [-0.2, 0) is 6.61 Å². The molecule has 0 spiro atoms. The lowest BCUT2D eigenvalue weighted by Gasteiger charge is -2.03. The van der Waals surface area contributed by atoms with Crippen molar-refractivity contribution in [3.8, 4) is 0 Å². The Bertz CT molecular complexity index is 495. The molecular weight excluding hydrogens is 232 g/mol. The van der Waals surface area contributed by atoms with Crippen molar-refractivity contribution in [2.24, 2.45) is 0 Å². The van der Waals surface area contributed by atoms with Crippen molar-refractivity contribution in [1.82, 2.24) is 15.5 Å². The molecule has 2 rings (SSSR count). The largest absolute Gasteiger partial charge is 0.406 e. The SMILES string of the molecule is CNC(C)c1nnc(Nc2ccc(CO)cc2)o1. The monoisotopic (exact) mass is 248 g/mol. The lowest BCUT2D eigenvalue weighted by molar-refractivity contribution is 0.282. The molecule has 1 aromatic carbocycles. The number of nitrogens with zero attached hydrogens (tertiary/aromatic N) is 2. The van der Waals surface area contributed by atoms with E-state index in [0.717, 1.165) is 11.3 Å². The summed E-state index contributed by atoms with van der Waals surface area (Å²) in [6, 6.07) is 7.72. The summed E-state index contributed by atoms with van der Waals surface area (Å²) >= 11 is 0. The summed E-state index contributed by atoms with van der Waals surface area (Å²) in [6.07, 6.45) is 0. The average molecular weight is 248 g/mol. The van der Waals surface area contributed by atoms with Crippen molar-refractivity contribution in [3.05, 3.63) is 35.7 Å². The number of hydrogen-bond donors (Lipinski definition) is 3. The van der Waals surface area contributed by atoms with Crippen LogP contribution < -0.4 is 10.6 Å². The molecular formula is C12H16N4O2. The van der Waals surface area contributed by atoms with Gasteiger partial charge in [0.05, 0.1) is 12.6 Å². The van der Waals surface area contributed by atoms with Gasteiger partial charge in [0.15, 0.2) is 0 Å². The Morgan fingerprint density at radius 2 is 2.00 bits per heavy atom. The number of nitrogens with one attached hydrogen (secondary N) is 2. The highest BCUT2D eigenvalue weighted by Gasteiger charge is 2.11. The third-order valence-electron chi connectivity index (χ3n) is 2.63. The van der Waals surface area contributed by atoms with Crippen molar-refractivity contribution in [1.29, 1.82) is 0 Å². The Morgan fingerprint density at radius 3 is 2.61 bits per heavy atom. The minimum absolute atomic E-state index is 0.0183. The second kappa shape index (κ2) is 5.61. The molecule has 0 aliphatic carbocycles. The van der Waals surface area contributed by atoms with E-state index in [1.54, 1.807) is 0 Å². The Balaban J connectivity index is 2.06. The highest BCUT2D eigenvalue weighted by Crippen LogP contribution is 2.18. The van der Waals surface area contributed by atoms with Crippen LogP contribution in [0.1, 0.15) is 24.4 Å². The molecule has 18 heavy (non-hydrogen) atoms. The van der Waals surface area contributed by atoms with Crippen molar-refractivity contribution < 1.29 is 9.52 Å². The number of anilines is 2. The number of aliphatic hydroxyl groups excluding tert-OH is 1. The molecule has 2 aromatic rings. The molecule has 0 bridgehead atoms. The van der Waals surface area contributed by atoms with Gasteiger partial charge in [0, 0.05) is 5.69 Å². The Morgan fingerprint density at radius 1 is 1.28 bits per heavy atom. The maximum Gasteiger partial charge on any atom is 0.320 e. The second-order valence-corrected chi connectivity index (χ2v) is 3.94. The number of benzene rings is 1. The summed E-state index contributed by atoms with van der Waals surface area (Å²) in [5.74, 6) is 0.534. The number of aromatic nitrogens is 2. The Kier molecular flexibility index (Phi) is 3.91. The number of aliphatic hydroxyl groups is 1. The van der Waals surface area contributed by atoms with Gasteiger partial charge in [0.2, 0.25) is 5.89 Å². The maximum atomic E-state index is 8.94. The molecule has 6 nitrogen and oxygen atoms in total. The van der Waals surface area contributed by atoms with Gasteiger partial charge in [-0.2, -0.15) is 0 Å². The summed E-state index contributed by atoms with van der Waals surface area (Å²) in [5.41, 5.74) is 1.69. The highest BCUT2D eigenvalue weighted by molar-refractivity contribution is 5.52. The van der Waals surface area contributed by atoms with E-state index < -0.39 is 0 Å². The normalized spacial score (nSPS) is 12.4. The fraction of sp³-hybridized carbons (Fsp3) is 0.333. The van der Waals surface area contributed by atoms with Crippen LogP contribution in [0.3, 0.4) is 0 Å². The van der Waals surface area contributed by atoms with Gasteiger partial charge >= 0.3 is 6.01 Å². The maximum absolute atomic E-state index is 8.94. The minimum atomic E-state index is 0.0183. The topological polar surface area (TPSA) is 83.2 Å². The molecule has 0 radical (unpaired) electrons.